The summed E-state index contributed by atoms with van der Waals surface area (Å²) >= 11 is 0. The van der Waals surface area contributed by atoms with Gasteiger partial charge in [-0.25, -0.2) is 9.37 Å². The van der Waals surface area contributed by atoms with E-state index in [0.29, 0.717) is 12.4 Å². The molecule has 2 rings (SSSR count). The lowest BCUT2D eigenvalue weighted by molar-refractivity contribution is -0.126. The number of carbonyl (C=O) groups is 1. The topological polar surface area (TPSA) is 45.2 Å². The fourth-order valence-electron chi connectivity index (χ4n) is 2.47. The second-order valence-corrected chi connectivity index (χ2v) is 6.33. The van der Waals surface area contributed by atoms with Gasteiger partial charge in [-0.3, -0.25) is 4.79 Å². The highest BCUT2D eigenvalue weighted by molar-refractivity contribution is 5.80. The zero-order chi connectivity index (χ0) is 14.8. The van der Waals surface area contributed by atoms with Gasteiger partial charge in [-0.2, -0.15) is 0 Å². The molecule has 20 heavy (non-hydrogen) atoms. The summed E-state index contributed by atoms with van der Waals surface area (Å²) in [5.41, 5.74) is -0.240. The SMILES string of the molecule is CC(C)(C)NC(=O)C1CCCN(c2ncccc2F)C1. The van der Waals surface area contributed by atoms with Gasteiger partial charge in [0.1, 0.15) is 0 Å². The van der Waals surface area contributed by atoms with E-state index in [9.17, 15) is 9.18 Å². The summed E-state index contributed by atoms with van der Waals surface area (Å²) in [6.45, 7) is 7.15. The summed E-state index contributed by atoms with van der Waals surface area (Å²) in [4.78, 5) is 18.2. The van der Waals surface area contributed by atoms with Crippen LogP contribution in [0.1, 0.15) is 33.6 Å². The van der Waals surface area contributed by atoms with Gasteiger partial charge in [0.25, 0.3) is 0 Å². The molecule has 1 unspecified atom stereocenters. The Morgan fingerprint density at radius 3 is 2.90 bits per heavy atom. The molecule has 1 aliphatic rings. The molecule has 110 valence electrons. The van der Waals surface area contributed by atoms with Gasteiger partial charge in [-0.1, -0.05) is 0 Å². The molecule has 0 bridgehead atoms. The lowest BCUT2D eigenvalue weighted by Crippen LogP contribution is -2.49. The summed E-state index contributed by atoms with van der Waals surface area (Å²) in [5.74, 6) is -0.0481. The highest BCUT2D eigenvalue weighted by Gasteiger charge is 2.29. The minimum absolute atomic E-state index is 0.0403. The lowest BCUT2D eigenvalue weighted by Gasteiger charge is -2.34. The summed E-state index contributed by atoms with van der Waals surface area (Å²) in [7, 11) is 0. The maximum atomic E-state index is 13.8. The van der Waals surface area contributed by atoms with Crippen LogP contribution in [0.5, 0.6) is 0 Å². The van der Waals surface area contributed by atoms with E-state index in [1.807, 2.05) is 25.7 Å². The van der Waals surface area contributed by atoms with E-state index in [1.54, 1.807) is 12.3 Å². The quantitative estimate of drug-likeness (QED) is 0.904. The number of aromatic nitrogens is 1. The van der Waals surface area contributed by atoms with Crippen LogP contribution in [-0.4, -0.2) is 29.5 Å². The first-order valence-corrected chi connectivity index (χ1v) is 7.04. The van der Waals surface area contributed by atoms with Crippen LogP contribution in [0.3, 0.4) is 0 Å². The van der Waals surface area contributed by atoms with E-state index < -0.39 is 0 Å². The van der Waals surface area contributed by atoms with E-state index in [1.165, 1.54) is 6.07 Å². The van der Waals surface area contributed by atoms with Crippen molar-refractivity contribution < 1.29 is 9.18 Å². The number of hydrogen-bond acceptors (Lipinski definition) is 3. The second-order valence-electron chi connectivity index (χ2n) is 6.33. The second kappa shape index (κ2) is 5.77. The number of piperidine rings is 1. The number of pyridine rings is 1. The van der Waals surface area contributed by atoms with E-state index in [0.717, 1.165) is 19.4 Å². The van der Waals surface area contributed by atoms with Gasteiger partial charge in [0.2, 0.25) is 5.91 Å². The van der Waals surface area contributed by atoms with E-state index >= 15 is 0 Å². The van der Waals surface area contributed by atoms with Crippen molar-refractivity contribution in [2.45, 2.75) is 39.2 Å². The Hall–Kier alpha value is -1.65. The average Bonchev–Trinajstić information content (AvgIpc) is 2.37. The molecule has 1 saturated heterocycles. The van der Waals surface area contributed by atoms with E-state index in [4.69, 9.17) is 0 Å². The highest BCUT2D eigenvalue weighted by Crippen LogP contribution is 2.24. The molecule has 0 saturated carbocycles. The molecule has 1 aromatic rings. The third kappa shape index (κ3) is 3.68. The molecule has 1 amide bonds. The Labute approximate surface area is 119 Å². The van der Waals surface area contributed by atoms with Crippen LogP contribution in [0, 0.1) is 11.7 Å². The van der Waals surface area contributed by atoms with Crippen molar-refractivity contribution in [2.75, 3.05) is 18.0 Å². The Bertz CT molecular complexity index is 484. The fourth-order valence-corrected chi connectivity index (χ4v) is 2.47. The van der Waals surface area contributed by atoms with E-state index in [2.05, 4.69) is 10.3 Å². The van der Waals surface area contributed by atoms with Crippen LogP contribution in [0.2, 0.25) is 0 Å². The maximum Gasteiger partial charge on any atom is 0.225 e. The first-order valence-electron chi connectivity index (χ1n) is 7.04. The van der Waals surface area contributed by atoms with Gasteiger partial charge in [-0.15, -0.1) is 0 Å². The van der Waals surface area contributed by atoms with Gasteiger partial charge in [0.15, 0.2) is 11.6 Å². The van der Waals surface area contributed by atoms with Crippen molar-refractivity contribution in [2.24, 2.45) is 5.92 Å². The van der Waals surface area contributed by atoms with Crippen LogP contribution in [0.4, 0.5) is 10.2 Å². The van der Waals surface area contributed by atoms with Crippen molar-refractivity contribution in [1.82, 2.24) is 10.3 Å². The number of halogens is 1. The summed E-state index contributed by atoms with van der Waals surface area (Å²) in [5, 5.41) is 3.00. The van der Waals surface area contributed by atoms with Crippen LogP contribution < -0.4 is 10.2 Å². The molecule has 2 heterocycles. The minimum Gasteiger partial charge on any atom is -0.353 e. The number of nitrogens with one attached hydrogen (secondary N) is 1. The smallest absolute Gasteiger partial charge is 0.225 e. The largest absolute Gasteiger partial charge is 0.353 e. The van der Waals surface area contributed by atoms with Gasteiger partial charge in [-0.05, 0) is 45.7 Å². The first-order chi connectivity index (χ1) is 9.37. The van der Waals surface area contributed by atoms with Gasteiger partial charge in [0, 0.05) is 24.8 Å². The molecule has 1 atom stereocenters. The third-order valence-corrected chi connectivity index (χ3v) is 3.33. The molecular weight excluding hydrogens is 257 g/mol. The normalized spacial score (nSPS) is 19.8. The number of amides is 1. The molecule has 4 nitrogen and oxygen atoms in total. The van der Waals surface area contributed by atoms with Gasteiger partial charge in [0.05, 0.1) is 5.92 Å². The minimum atomic E-state index is -0.329. The lowest BCUT2D eigenvalue weighted by atomic mass is 9.95. The third-order valence-electron chi connectivity index (χ3n) is 3.33. The van der Waals surface area contributed by atoms with Crippen molar-refractivity contribution in [3.63, 3.8) is 0 Å². The Morgan fingerprint density at radius 2 is 2.25 bits per heavy atom. The molecule has 1 aromatic heterocycles. The molecule has 5 heteroatoms. The molecule has 0 aromatic carbocycles. The maximum absolute atomic E-state index is 13.8. The predicted octanol–water partition coefficient (Wildman–Crippen LogP) is 2.35. The highest BCUT2D eigenvalue weighted by atomic mass is 19.1. The fraction of sp³-hybridized carbons (Fsp3) is 0.600. The summed E-state index contributed by atoms with van der Waals surface area (Å²) < 4.78 is 13.8. The standard InChI is InChI=1S/C15H22FN3O/c1-15(2,3)18-14(20)11-6-5-9-19(10-11)13-12(16)7-4-8-17-13/h4,7-8,11H,5-6,9-10H2,1-3H3,(H,18,20). The van der Waals surface area contributed by atoms with Crippen LogP contribution in [0.15, 0.2) is 18.3 Å². The molecular formula is C15H22FN3O. The molecule has 0 spiro atoms. The Balaban J connectivity index is 2.06. The first kappa shape index (κ1) is 14.8. The predicted molar refractivity (Wildman–Crippen MR) is 77.0 cm³/mol. The van der Waals surface area contributed by atoms with Crippen molar-refractivity contribution in [1.29, 1.82) is 0 Å². The van der Waals surface area contributed by atoms with E-state index in [-0.39, 0.29) is 23.2 Å². The number of anilines is 1. The zero-order valence-corrected chi connectivity index (χ0v) is 12.3. The van der Waals surface area contributed by atoms with Crippen LogP contribution in [-0.2, 0) is 4.79 Å². The van der Waals surface area contributed by atoms with Crippen molar-refractivity contribution >= 4 is 11.7 Å². The summed E-state index contributed by atoms with van der Waals surface area (Å²) in [6, 6.07) is 2.98. The Kier molecular flexibility index (Phi) is 4.26. The van der Waals surface area contributed by atoms with Crippen molar-refractivity contribution in [3.05, 3.63) is 24.1 Å². The van der Waals surface area contributed by atoms with Crippen LogP contribution >= 0.6 is 0 Å². The molecule has 1 fully saturated rings. The monoisotopic (exact) mass is 279 g/mol. The number of hydrogen-bond donors (Lipinski definition) is 1. The average molecular weight is 279 g/mol. The zero-order valence-electron chi connectivity index (χ0n) is 12.3. The number of carbonyl (C=O) groups excluding carboxylic acids is 1. The Morgan fingerprint density at radius 1 is 1.50 bits per heavy atom. The van der Waals surface area contributed by atoms with Gasteiger partial charge < -0.3 is 10.2 Å². The van der Waals surface area contributed by atoms with Crippen molar-refractivity contribution in [3.8, 4) is 0 Å². The summed E-state index contributed by atoms with van der Waals surface area (Å²) in [6.07, 6.45) is 3.29. The van der Waals surface area contributed by atoms with Crippen LogP contribution in [0.25, 0.3) is 0 Å². The molecule has 0 radical (unpaired) electrons. The molecule has 1 aliphatic heterocycles. The van der Waals surface area contributed by atoms with Gasteiger partial charge >= 0.3 is 0 Å². The number of nitrogens with zero attached hydrogens (tertiary/aromatic N) is 2. The number of rotatable bonds is 2. The molecule has 0 aliphatic carbocycles. The molecule has 1 N–H and O–H groups in total.